The molecule has 110 valence electrons. The summed E-state index contributed by atoms with van der Waals surface area (Å²) in [6, 6.07) is 15.5. The minimum atomic E-state index is 0.730. The van der Waals surface area contributed by atoms with Gasteiger partial charge in [-0.3, -0.25) is 9.80 Å². The van der Waals surface area contributed by atoms with Gasteiger partial charge in [0.1, 0.15) is 0 Å². The van der Waals surface area contributed by atoms with Crippen LogP contribution in [0, 0.1) is 0 Å². The van der Waals surface area contributed by atoms with Crippen LogP contribution in [-0.2, 0) is 6.42 Å². The zero-order valence-corrected chi connectivity index (χ0v) is 12.7. The van der Waals surface area contributed by atoms with Crippen molar-refractivity contribution >= 4 is 10.8 Å². The van der Waals surface area contributed by atoms with Crippen LogP contribution in [0.4, 0.5) is 0 Å². The summed E-state index contributed by atoms with van der Waals surface area (Å²) in [5.74, 6) is 0. The van der Waals surface area contributed by atoms with E-state index in [2.05, 4.69) is 52.3 Å². The lowest BCUT2D eigenvalue weighted by atomic mass is 10.0. The van der Waals surface area contributed by atoms with Crippen molar-refractivity contribution < 1.29 is 0 Å². The molecule has 2 aromatic rings. The van der Waals surface area contributed by atoms with Gasteiger partial charge in [0.15, 0.2) is 0 Å². The number of rotatable bonds is 3. The van der Waals surface area contributed by atoms with Crippen molar-refractivity contribution in [2.45, 2.75) is 31.8 Å². The van der Waals surface area contributed by atoms with Gasteiger partial charge in [-0.05, 0) is 48.6 Å². The highest BCUT2D eigenvalue weighted by molar-refractivity contribution is 5.85. The molecular weight excluding hydrogens is 256 g/mol. The van der Waals surface area contributed by atoms with Gasteiger partial charge >= 0.3 is 0 Å². The Kier molecular flexibility index (Phi) is 3.66. The highest BCUT2D eigenvalue weighted by Gasteiger charge is 2.32. The molecule has 0 radical (unpaired) electrons. The molecule has 0 aliphatic carbocycles. The molecule has 4 rings (SSSR count). The van der Waals surface area contributed by atoms with E-state index < -0.39 is 0 Å². The zero-order chi connectivity index (χ0) is 14.1. The maximum atomic E-state index is 2.71. The number of nitrogens with zero attached hydrogens (tertiary/aromatic N) is 2. The third-order valence-electron chi connectivity index (χ3n) is 5.22. The fourth-order valence-electron chi connectivity index (χ4n) is 4.09. The van der Waals surface area contributed by atoms with E-state index in [9.17, 15) is 0 Å². The van der Waals surface area contributed by atoms with Crippen molar-refractivity contribution in [1.82, 2.24) is 9.80 Å². The fraction of sp³-hybridized carbons (Fsp3) is 0.474. The van der Waals surface area contributed by atoms with E-state index in [4.69, 9.17) is 0 Å². The van der Waals surface area contributed by atoms with Gasteiger partial charge in [0.05, 0.1) is 6.17 Å². The van der Waals surface area contributed by atoms with Gasteiger partial charge in [0.2, 0.25) is 0 Å². The van der Waals surface area contributed by atoms with E-state index in [0.29, 0.717) is 0 Å². The molecule has 0 N–H and O–H groups in total. The summed E-state index contributed by atoms with van der Waals surface area (Å²) < 4.78 is 0. The van der Waals surface area contributed by atoms with Crippen LogP contribution in [0.2, 0.25) is 0 Å². The molecule has 1 unspecified atom stereocenters. The molecule has 2 heterocycles. The Morgan fingerprint density at radius 1 is 0.905 bits per heavy atom. The van der Waals surface area contributed by atoms with E-state index in [1.54, 1.807) is 0 Å². The average Bonchev–Trinajstić information content (AvgIpc) is 2.96. The lowest BCUT2D eigenvalue weighted by Crippen LogP contribution is -2.42. The van der Waals surface area contributed by atoms with Gasteiger partial charge in [-0.15, -0.1) is 0 Å². The number of hydrogen-bond donors (Lipinski definition) is 0. The average molecular weight is 280 g/mol. The second kappa shape index (κ2) is 5.78. The Balaban J connectivity index is 1.49. The maximum absolute atomic E-state index is 2.71. The maximum Gasteiger partial charge on any atom is 0.0623 e. The predicted molar refractivity (Wildman–Crippen MR) is 88.4 cm³/mol. The largest absolute Gasteiger partial charge is 0.287 e. The SMILES string of the molecule is c1ccc2c(CCN3CCN4CCCCC43)cccc2c1. The van der Waals surface area contributed by atoms with Crippen LogP contribution in [-0.4, -0.2) is 42.1 Å². The fourth-order valence-corrected chi connectivity index (χ4v) is 4.09. The van der Waals surface area contributed by atoms with Gasteiger partial charge in [-0.2, -0.15) is 0 Å². The first-order valence-electron chi connectivity index (χ1n) is 8.36. The Labute approximate surface area is 127 Å². The predicted octanol–water partition coefficient (Wildman–Crippen LogP) is 3.51. The van der Waals surface area contributed by atoms with E-state index in [-0.39, 0.29) is 0 Å². The zero-order valence-electron chi connectivity index (χ0n) is 12.7. The highest BCUT2D eigenvalue weighted by atomic mass is 15.4. The van der Waals surface area contributed by atoms with E-state index in [0.717, 1.165) is 6.17 Å². The smallest absolute Gasteiger partial charge is 0.0623 e. The number of hydrogen-bond acceptors (Lipinski definition) is 2. The first-order valence-corrected chi connectivity index (χ1v) is 8.36. The molecule has 2 heteroatoms. The van der Waals surface area contributed by atoms with Crippen molar-refractivity contribution in [1.29, 1.82) is 0 Å². The summed E-state index contributed by atoms with van der Waals surface area (Å²) in [5, 5.41) is 2.80. The van der Waals surface area contributed by atoms with Crippen molar-refractivity contribution in [3.8, 4) is 0 Å². The Bertz CT molecular complexity index is 616. The van der Waals surface area contributed by atoms with Crippen molar-refractivity contribution in [3.05, 3.63) is 48.0 Å². The molecule has 21 heavy (non-hydrogen) atoms. The van der Waals surface area contributed by atoms with Crippen LogP contribution < -0.4 is 0 Å². The molecule has 2 fully saturated rings. The van der Waals surface area contributed by atoms with Gasteiger partial charge in [-0.25, -0.2) is 0 Å². The molecule has 0 bridgehead atoms. The summed E-state index contributed by atoms with van der Waals surface area (Å²) >= 11 is 0. The van der Waals surface area contributed by atoms with E-state index >= 15 is 0 Å². The molecule has 0 saturated carbocycles. The molecule has 1 atom stereocenters. The van der Waals surface area contributed by atoms with Crippen LogP contribution >= 0.6 is 0 Å². The van der Waals surface area contributed by atoms with Crippen LogP contribution in [0.15, 0.2) is 42.5 Å². The monoisotopic (exact) mass is 280 g/mol. The van der Waals surface area contributed by atoms with Crippen molar-refractivity contribution in [2.75, 3.05) is 26.2 Å². The van der Waals surface area contributed by atoms with Crippen LogP contribution in [0.3, 0.4) is 0 Å². The van der Waals surface area contributed by atoms with Crippen LogP contribution in [0.1, 0.15) is 24.8 Å². The molecule has 2 aliphatic heterocycles. The second-order valence-electron chi connectivity index (χ2n) is 6.44. The lowest BCUT2D eigenvalue weighted by molar-refractivity contribution is 0.0989. The normalized spacial score (nSPS) is 23.5. The Morgan fingerprint density at radius 2 is 1.81 bits per heavy atom. The minimum Gasteiger partial charge on any atom is -0.287 e. The lowest BCUT2D eigenvalue weighted by Gasteiger charge is -2.34. The summed E-state index contributed by atoms with van der Waals surface area (Å²) in [4.78, 5) is 5.40. The molecule has 0 aromatic heterocycles. The summed E-state index contributed by atoms with van der Waals surface area (Å²) in [7, 11) is 0. The molecule has 2 aromatic carbocycles. The third kappa shape index (κ3) is 2.58. The van der Waals surface area contributed by atoms with E-state index in [1.807, 2.05) is 0 Å². The number of fused-ring (bicyclic) bond motifs is 2. The molecular formula is C19H24N2. The summed E-state index contributed by atoms with van der Waals surface area (Å²) in [5.41, 5.74) is 1.50. The topological polar surface area (TPSA) is 6.48 Å². The first kappa shape index (κ1) is 13.3. The van der Waals surface area contributed by atoms with Crippen molar-refractivity contribution in [2.24, 2.45) is 0 Å². The van der Waals surface area contributed by atoms with Gasteiger partial charge in [-0.1, -0.05) is 42.5 Å². The Hall–Kier alpha value is -1.38. The van der Waals surface area contributed by atoms with Crippen LogP contribution in [0.25, 0.3) is 10.8 Å². The quantitative estimate of drug-likeness (QED) is 0.849. The highest BCUT2D eigenvalue weighted by Crippen LogP contribution is 2.26. The number of piperidine rings is 1. The minimum absolute atomic E-state index is 0.730. The second-order valence-corrected chi connectivity index (χ2v) is 6.44. The molecule has 0 amide bonds. The third-order valence-corrected chi connectivity index (χ3v) is 5.22. The Morgan fingerprint density at radius 3 is 2.81 bits per heavy atom. The molecule has 2 saturated heterocycles. The van der Waals surface area contributed by atoms with Crippen molar-refractivity contribution in [3.63, 3.8) is 0 Å². The molecule has 0 spiro atoms. The van der Waals surface area contributed by atoms with Crippen LogP contribution in [0.5, 0.6) is 0 Å². The standard InChI is InChI=1S/C19H24N2/c1-2-9-18-16(6-1)7-5-8-17(18)11-13-21-15-14-20-12-4-3-10-19(20)21/h1-2,5-9,19H,3-4,10-15H2. The first-order chi connectivity index (χ1) is 10.4. The van der Waals surface area contributed by atoms with Gasteiger partial charge in [0, 0.05) is 19.6 Å². The summed E-state index contributed by atoms with van der Waals surface area (Å²) in [6.07, 6.45) is 6.08. The van der Waals surface area contributed by atoms with E-state index in [1.165, 1.54) is 68.2 Å². The number of benzene rings is 2. The van der Waals surface area contributed by atoms with Gasteiger partial charge in [0.25, 0.3) is 0 Å². The summed E-state index contributed by atoms with van der Waals surface area (Å²) in [6.45, 7) is 5.06. The van der Waals surface area contributed by atoms with Gasteiger partial charge < -0.3 is 0 Å². The molecule has 2 aliphatic rings. The molecule has 2 nitrogen and oxygen atoms in total.